The minimum atomic E-state index is -0.211. The first kappa shape index (κ1) is 14.6. The van der Waals surface area contributed by atoms with Crippen molar-refractivity contribution in [3.8, 4) is 5.75 Å². The number of rotatable bonds is 3. The molecule has 1 saturated carbocycles. The second-order valence-electron chi connectivity index (χ2n) is 6.13. The van der Waals surface area contributed by atoms with Crippen LogP contribution in [0.2, 0.25) is 0 Å². The van der Waals surface area contributed by atoms with Gasteiger partial charge in [-0.25, -0.2) is 0 Å². The van der Waals surface area contributed by atoms with E-state index in [1.807, 2.05) is 12.1 Å². The Morgan fingerprint density at radius 2 is 1.87 bits per heavy atom. The first-order valence-electron chi connectivity index (χ1n) is 7.54. The number of hydrazone groups is 1. The summed E-state index contributed by atoms with van der Waals surface area (Å²) >= 11 is 3.41. The molecule has 0 spiro atoms. The lowest BCUT2D eigenvalue weighted by atomic mass is 9.85. The number of hydrogen-bond donors (Lipinski definition) is 0. The van der Waals surface area contributed by atoms with Gasteiger partial charge in [-0.05, 0) is 57.9 Å². The Morgan fingerprint density at radius 3 is 2.43 bits per heavy atom. The van der Waals surface area contributed by atoms with Gasteiger partial charge in [0.25, 0.3) is 11.8 Å². The SMILES string of the molecule is COc1ccc(/C=N/N2C(=O)C3C4C=CC(C4)C3C2=O)cc1Br. The Bertz CT molecular complexity index is 728. The van der Waals surface area contributed by atoms with Gasteiger partial charge in [0.1, 0.15) is 5.75 Å². The van der Waals surface area contributed by atoms with E-state index < -0.39 is 0 Å². The molecule has 1 heterocycles. The highest BCUT2D eigenvalue weighted by Gasteiger charge is 2.59. The predicted molar refractivity (Wildman–Crippen MR) is 87.9 cm³/mol. The number of halogens is 1. The number of ether oxygens (including phenoxy) is 1. The minimum Gasteiger partial charge on any atom is -0.496 e. The van der Waals surface area contributed by atoms with Crippen LogP contribution in [0.3, 0.4) is 0 Å². The lowest BCUT2D eigenvalue weighted by Crippen LogP contribution is -2.28. The summed E-state index contributed by atoms with van der Waals surface area (Å²) in [5.74, 6) is 0.372. The number of carbonyl (C=O) groups excluding carboxylic acids is 2. The molecule has 1 saturated heterocycles. The fourth-order valence-electron chi connectivity index (χ4n) is 3.89. The van der Waals surface area contributed by atoms with Gasteiger partial charge in [0.05, 0.1) is 29.6 Å². The van der Waals surface area contributed by atoms with Gasteiger partial charge in [-0.3, -0.25) is 9.59 Å². The molecular weight excluding hydrogens is 360 g/mol. The first-order valence-corrected chi connectivity index (χ1v) is 8.33. The fraction of sp³-hybridized carbons (Fsp3) is 0.353. The number of imide groups is 1. The molecule has 4 rings (SSSR count). The summed E-state index contributed by atoms with van der Waals surface area (Å²) in [6.07, 6.45) is 6.61. The molecule has 0 N–H and O–H groups in total. The fourth-order valence-corrected chi connectivity index (χ4v) is 4.45. The van der Waals surface area contributed by atoms with E-state index in [-0.39, 0.29) is 35.5 Å². The van der Waals surface area contributed by atoms with E-state index in [2.05, 4.69) is 33.2 Å². The van der Waals surface area contributed by atoms with Gasteiger partial charge >= 0.3 is 0 Å². The largest absolute Gasteiger partial charge is 0.496 e. The Morgan fingerprint density at radius 1 is 1.22 bits per heavy atom. The molecule has 0 radical (unpaired) electrons. The number of nitrogens with zero attached hydrogens (tertiary/aromatic N) is 2. The highest BCUT2D eigenvalue weighted by Crippen LogP contribution is 2.52. The van der Waals surface area contributed by atoms with E-state index in [0.29, 0.717) is 5.75 Å². The van der Waals surface area contributed by atoms with Crippen LogP contribution in [-0.2, 0) is 9.59 Å². The zero-order valence-electron chi connectivity index (χ0n) is 12.5. The van der Waals surface area contributed by atoms with Crippen LogP contribution < -0.4 is 4.74 Å². The maximum Gasteiger partial charge on any atom is 0.254 e. The number of methoxy groups -OCH3 is 1. The zero-order chi connectivity index (χ0) is 16.1. The molecule has 2 aliphatic carbocycles. The molecule has 23 heavy (non-hydrogen) atoms. The highest BCUT2D eigenvalue weighted by molar-refractivity contribution is 9.10. The van der Waals surface area contributed by atoms with Crippen molar-refractivity contribution < 1.29 is 14.3 Å². The summed E-state index contributed by atoms with van der Waals surface area (Å²) in [4.78, 5) is 25.0. The minimum absolute atomic E-state index is 0.166. The summed E-state index contributed by atoms with van der Waals surface area (Å²) in [7, 11) is 1.59. The van der Waals surface area contributed by atoms with E-state index in [9.17, 15) is 9.59 Å². The van der Waals surface area contributed by atoms with E-state index in [1.54, 1.807) is 13.2 Å². The summed E-state index contributed by atoms with van der Waals surface area (Å²) in [6.45, 7) is 0. The topological polar surface area (TPSA) is 59.0 Å². The van der Waals surface area contributed by atoms with Crippen molar-refractivity contribution >= 4 is 34.0 Å². The summed E-state index contributed by atoms with van der Waals surface area (Å²) in [5, 5.41) is 5.21. The number of amides is 2. The smallest absolute Gasteiger partial charge is 0.254 e. The summed E-state index contributed by atoms with van der Waals surface area (Å²) < 4.78 is 5.97. The molecule has 2 fully saturated rings. The third kappa shape index (κ3) is 2.16. The Hall–Kier alpha value is -1.95. The Balaban J connectivity index is 1.57. The van der Waals surface area contributed by atoms with Crippen molar-refractivity contribution in [2.75, 3.05) is 7.11 Å². The van der Waals surface area contributed by atoms with Gasteiger partial charge in [-0.15, -0.1) is 0 Å². The molecule has 1 aromatic rings. The lowest BCUT2D eigenvalue weighted by molar-refractivity contribution is -0.140. The molecule has 2 amide bonds. The van der Waals surface area contributed by atoms with Gasteiger partial charge in [-0.2, -0.15) is 10.1 Å². The number of carbonyl (C=O) groups is 2. The van der Waals surface area contributed by atoms with E-state index in [0.717, 1.165) is 21.5 Å². The highest BCUT2D eigenvalue weighted by atomic mass is 79.9. The summed E-state index contributed by atoms with van der Waals surface area (Å²) in [5.41, 5.74) is 0.788. The van der Waals surface area contributed by atoms with Crippen molar-refractivity contribution in [2.24, 2.45) is 28.8 Å². The second-order valence-corrected chi connectivity index (χ2v) is 6.98. The van der Waals surface area contributed by atoms with Gasteiger partial charge < -0.3 is 4.74 Å². The van der Waals surface area contributed by atoms with Crippen LogP contribution in [0.1, 0.15) is 12.0 Å². The quantitative estimate of drug-likeness (QED) is 0.464. The van der Waals surface area contributed by atoms with Crippen molar-refractivity contribution in [2.45, 2.75) is 6.42 Å². The number of benzene rings is 1. The molecule has 3 aliphatic rings. The molecule has 1 aliphatic heterocycles. The van der Waals surface area contributed by atoms with Crippen LogP contribution in [0.5, 0.6) is 5.75 Å². The molecule has 5 nitrogen and oxygen atoms in total. The molecule has 0 aromatic heterocycles. The van der Waals surface area contributed by atoms with E-state index in [1.165, 1.54) is 6.21 Å². The standard InChI is InChI=1S/C17H15BrN2O3/c1-23-13-5-2-9(6-12(13)18)8-19-20-16(21)14-10-3-4-11(7-10)15(14)17(20)22/h2-6,8,10-11,14-15H,7H2,1H3/b19-8+. The molecule has 4 unspecified atom stereocenters. The average molecular weight is 375 g/mol. The van der Waals surface area contributed by atoms with E-state index >= 15 is 0 Å². The van der Waals surface area contributed by atoms with Crippen molar-refractivity contribution in [3.63, 3.8) is 0 Å². The Kier molecular flexibility index (Phi) is 3.37. The van der Waals surface area contributed by atoms with Crippen molar-refractivity contribution in [1.82, 2.24) is 5.01 Å². The average Bonchev–Trinajstić information content (AvgIpc) is 3.21. The third-order valence-electron chi connectivity index (χ3n) is 4.95. The predicted octanol–water partition coefficient (Wildman–Crippen LogP) is 2.60. The van der Waals surface area contributed by atoms with Crippen LogP contribution in [-0.4, -0.2) is 30.1 Å². The maximum atomic E-state index is 12.5. The van der Waals surface area contributed by atoms with Crippen molar-refractivity contribution in [3.05, 3.63) is 40.4 Å². The second kappa shape index (κ2) is 5.30. The van der Waals surface area contributed by atoms with Crippen LogP contribution >= 0.6 is 15.9 Å². The molecule has 118 valence electrons. The number of fused-ring (bicyclic) bond motifs is 5. The molecular formula is C17H15BrN2O3. The molecule has 4 atom stereocenters. The molecule has 1 aromatic carbocycles. The molecule has 6 heteroatoms. The number of allylic oxidation sites excluding steroid dienone is 2. The molecule has 2 bridgehead atoms. The van der Waals surface area contributed by atoms with Gasteiger partial charge in [0, 0.05) is 0 Å². The van der Waals surface area contributed by atoms with Crippen LogP contribution in [0.4, 0.5) is 0 Å². The van der Waals surface area contributed by atoms with Crippen molar-refractivity contribution in [1.29, 1.82) is 0 Å². The summed E-state index contributed by atoms with van der Waals surface area (Å²) in [6, 6.07) is 5.46. The normalized spacial score (nSPS) is 31.5. The van der Waals surface area contributed by atoms with Crippen LogP contribution in [0.15, 0.2) is 39.9 Å². The Labute approximate surface area is 142 Å². The van der Waals surface area contributed by atoms with E-state index in [4.69, 9.17) is 4.74 Å². The zero-order valence-corrected chi connectivity index (χ0v) is 14.1. The lowest BCUT2D eigenvalue weighted by Gasteiger charge is -2.13. The van der Waals surface area contributed by atoms with Gasteiger partial charge in [0.2, 0.25) is 0 Å². The van der Waals surface area contributed by atoms with Crippen LogP contribution in [0.25, 0.3) is 0 Å². The number of hydrogen-bond acceptors (Lipinski definition) is 4. The first-order chi connectivity index (χ1) is 11.1. The maximum absolute atomic E-state index is 12.5. The van der Waals surface area contributed by atoms with Gasteiger partial charge in [0.15, 0.2) is 0 Å². The monoisotopic (exact) mass is 374 g/mol. The van der Waals surface area contributed by atoms with Crippen LogP contribution in [0, 0.1) is 23.7 Å². The third-order valence-corrected chi connectivity index (χ3v) is 5.56. The van der Waals surface area contributed by atoms with Gasteiger partial charge in [-0.1, -0.05) is 12.2 Å².